The van der Waals surface area contributed by atoms with E-state index in [-0.39, 0.29) is 5.82 Å². The molecular weight excluding hydrogens is 347 g/mol. The molecule has 20 heavy (non-hydrogen) atoms. The molecule has 2 rings (SSSR count). The predicted octanol–water partition coefficient (Wildman–Crippen LogP) is 3.80. The number of hydrogen-bond donors (Lipinski definition) is 2. The molecule has 6 heteroatoms. The van der Waals surface area contributed by atoms with Gasteiger partial charge in [0.05, 0.1) is 13.2 Å². The van der Waals surface area contributed by atoms with Crippen molar-refractivity contribution in [3.63, 3.8) is 0 Å². The van der Waals surface area contributed by atoms with Gasteiger partial charge in [0.2, 0.25) is 0 Å². The molecule has 0 aliphatic heterocycles. The van der Waals surface area contributed by atoms with Gasteiger partial charge >= 0.3 is 0 Å². The summed E-state index contributed by atoms with van der Waals surface area (Å²) < 4.78 is 19.5. The van der Waals surface area contributed by atoms with Crippen molar-refractivity contribution in [3.05, 3.63) is 62.8 Å². The minimum absolute atomic E-state index is 0.343. The van der Waals surface area contributed by atoms with Crippen LogP contribution in [0.15, 0.2) is 40.9 Å². The zero-order valence-corrected chi connectivity index (χ0v) is 13.0. The molecule has 0 aromatic heterocycles. The van der Waals surface area contributed by atoms with Crippen LogP contribution < -0.4 is 16.0 Å². The average molecular weight is 360 g/mol. The fourth-order valence-electron chi connectivity index (χ4n) is 2.01. The highest BCUT2D eigenvalue weighted by Crippen LogP contribution is 2.35. The molecule has 2 aromatic carbocycles. The molecule has 0 radical (unpaired) electrons. The minimum atomic E-state index is -0.450. The van der Waals surface area contributed by atoms with E-state index >= 15 is 0 Å². The van der Waals surface area contributed by atoms with E-state index in [1.165, 1.54) is 12.1 Å². The summed E-state index contributed by atoms with van der Waals surface area (Å²) in [5, 5.41) is 0.550. The standard InChI is InChI=1S/C14H13BrClFN2O/c1-20-13-5-2-8(16)6-11(13)14(19-18)10-7-9(17)3-4-12(10)15/h2-7,14,19H,18H2,1H3. The summed E-state index contributed by atoms with van der Waals surface area (Å²) >= 11 is 9.42. The number of nitrogens with one attached hydrogen (secondary N) is 1. The van der Waals surface area contributed by atoms with Gasteiger partial charge in [0, 0.05) is 15.1 Å². The van der Waals surface area contributed by atoms with Gasteiger partial charge in [-0.25, -0.2) is 9.82 Å². The van der Waals surface area contributed by atoms with Crippen LogP contribution in [0.25, 0.3) is 0 Å². The lowest BCUT2D eigenvalue weighted by Crippen LogP contribution is -2.29. The number of nitrogens with two attached hydrogens (primary N) is 1. The molecule has 0 aliphatic carbocycles. The van der Waals surface area contributed by atoms with Gasteiger partial charge in [-0.05, 0) is 42.0 Å². The lowest BCUT2D eigenvalue weighted by Gasteiger charge is -2.21. The highest BCUT2D eigenvalue weighted by atomic mass is 79.9. The molecule has 0 heterocycles. The second-order valence-electron chi connectivity index (χ2n) is 4.15. The second-order valence-corrected chi connectivity index (χ2v) is 5.44. The van der Waals surface area contributed by atoms with Gasteiger partial charge in [-0.1, -0.05) is 27.5 Å². The number of hydrogen-bond acceptors (Lipinski definition) is 3. The van der Waals surface area contributed by atoms with Gasteiger partial charge in [0.1, 0.15) is 11.6 Å². The molecule has 1 unspecified atom stereocenters. The number of ether oxygens (including phenoxy) is 1. The molecule has 2 aromatic rings. The molecule has 0 amide bonds. The molecule has 0 bridgehead atoms. The molecule has 0 aliphatic rings. The smallest absolute Gasteiger partial charge is 0.124 e. The van der Waals surface area contributed by atoms with Crippen molar-refractivity contribution in [2.24, 2.45) is 5.84 Å². The van der Waals surface area contributed by atoms with Crippen LogP contribution in [0.4, 0.5) is 4.39 Å². The van der Waals surface area contributed by atoms with Crippen molar-refractivity contribution in [3.8, 4) is 5.75 Å². The van der Waals surface area contributed by atoms with E-state index in [0.717, 1.165) is 10.0 Å². The van der Waals surface area contributed by atoms with E-state index in [9.17, 15) is 4.39 Å². The van der Waals surface area contributed by atoms with Crippen molar-refractivity contribution in [1.29, 1.82) is 0 Å². The van der Waals surface area contributed by atoms with Crippen LogP contribution in [-0.4, -0.2) is 7.11 Å². The molecule has 3 nitrogen and oxygen atoms in total. The van der Waals surface area contributed by atoms with Crippen molar-refractivity contribution in [2.75, 3.05) is 7.11 Å². The van der Waals surface area contributed by atoms with Crippen LogP contribution in [0.3, 0.4) is 0 Å². The van der Waals surface area contributed by atoms with E-state index in [0.29, 0.717) is 16.3 Å². The molecule has 0 saturated carbocycles. The monoisotopic (exact) mass is 358 g/mol. The molecule has 0 spiro atoms. The first-order valence-electron chi connectivity index (χ1n) is 5.81. The maximum Gasteiger partial charge on any atom is 0.124 e. The fraction of sp³-hybridized carbons (Fsp3) is 0.143. The molecular formula is C14H13BrClFN2O. The average Bonchev–Trinajstić information content (AvgIpc) is 2.44. The topological polar surface area (TPSA) is 47.3 Å². The van der Waals surface area contributed by atoms with Crippen LogP contribution in [0.1, 0.15) is 17.2 Å². The third kappa shape index (κ3) is 3.12. The van der Waals surface area contributed by atoms with Crippen LogP contribution in [0, 0.1) is 5.82 Å². The molecule has 0 saturated heterocycles. The first kappa shape index (κ1) is 15.3. The first-order valence-corrected chi connectivity index (χ1v) is 6.98. The summed E-state index contributed by atoms with van der Waals surface area (Å²) in [5.41, 5.74) is 4.06. The second kappa shape index (κ2) is 6.54. The summed E-state index contributed by atoms with van der Waals surface area (Å²) in [6.07, 6.45) is 0. The summed E-state index contributed by atoms with van der Waals surface area (Å²) in [6, 6.07) is 9.17. The highest BCUT2D eigenvalue weighted by Gasteiger charge is 2.20. The maximum atomic E-state index is 13.5. The number of benzene rings is 2. The van der Waals surface area contributed by atoms with Gasteiger partial charge in [0.25, 0.3) is 0 Å². The summed E-state index contributed by atoms with van der Waals surface area (Å²) in [5.74, 6) is 5.91. The van der Waals surface area contributed by atoms with E-state index < -0.39 is 6.04 Å². The summed E-state index contributed by atoms with van der Waals surface area (Å²) in [4.78, 5) is 0. The third-order valence-corrected chi connectivity index (χ3v) is 3.90. The zero-order chi connectivity index (χ0) is 14.7. The lowest BCUT2D eigenvalue weighted by molar-refractivity contribution is 0.404. The Morgan fingerprint density at radius 1 is 1.25 bits per heavy atom. The molecule has 0 fully saturated rings. The number of methoxy groups -OCH3 is 1. The Kier molecular flexibility index (Phi) is 4.99. The van der Waals surface area contributed by atoms with Gasteiger partial charge in [-0.2, -0.15) is 0 Å². The zero-order valence-electron chi connectivity index (χ0n) is 10.7. The van der Waals surface area contributed by atoms with Crippen LogP contribution in [0.5, 0.6) is 5.75 Å². The maximum absolute atomic E-state index is 13.5. The molecule has 106 valence electrons. The third-order valence-electron chi connectivity index (χ3n) is 2.94. The Morgan fingerprint density at radius 2 is 2.00 bits per heavy atom. The Bertz CT molecular complexity index is 624. The summed E-state index contributed by atoms with van der Waals surface area (Å²) in [6.45, 7) is 0. The lowest BCUT2D eigenvalue weighted by atomic mass is 9.98. The Labute approximate surface area is 130 Å². The van der Waals surface area contributed by atoms with Gasteiger partial charge in [0.15, 0.2) is 0 Å². The molecule has 1 atom stereocenters. The Hall–Kier alpha value is -1.14. The van der Waals surface area contributed by atoms with Gasteiger partial charge in [-0.15, -0.1) is 0 Å². The number of hydrazine groups is 1. The summed E-state index contributed by atoms with van der Waals surface area (Å²) in [7, 11) is 1.56. The predicted molar refractivity (Wildman–Crippen MR) is 81.3 cm³/mol. The van der Waals surface area contributed by atoms with Crippen molar-refractivity contribution >= 4 is 27.5 Å². The van der Waals surface area contributed by atoms with Crippen molar-refractivity contribution < 1.29 is 9.13 Å². The van der Waals surface area contributed by atoms with E-state index in [4.69, 9.17) is 22.2 Å². The Morgan fingerprint density at radius 3 is 2.65 bits per heavy atom. The van der Waals surface area contributed by atoms with Crippen molar-refractivity contribution in [1.82, 2.24) is 5.43 Å². The van der Waals surface area contributed by atoms with Crippen LogP contribution in [-0.2, 0) is 0 Å². The number of rotatable bonds is 4. The first-order chi connectivity index (χ1) is 9.56. The largest absolute Gasteiger partial charge is 0.496 e. The van der Waals surface area contributed by atoms with E-state index in [1.54, 1.807) is 31.4 Å². The SMILES string of the molecule is COc1ccc(Cl)cc1C(NN)c1cc(F)ccc1Br. The van der Waals surface area contributed by atoms with E-state index in [1.807, 2.05) is 0 Å². The van der Waals surface area contributed by atoms with Gasteiger partial charge in [-0.3, -0.25) is 5.84 Å². The van der Waals surface area contributed by atoms with Crippen LogP contribution >= 0.6 is 27.5 Å². The number of halogens is 3. The van der Waals surface area contributed by atoms with Gasteiger partial charge < -0.3 is 4.74 Å². The van der Waals surface area contributed by atoms with Crippen LogP contribution in [0.2, 0.25) is 5.02 Å². The molecule has 3 N–H and O–H groups in total. The minimum Gasteiger partial charge on any atom is -0.496 e. The quantitative estimate of drug-likeness (QED) is 0.645. The van der Waals surface area contributed by atoms with E-state index in [2.05, 4.69) is 21.4 Å². The fourth-order valence-corrected chi connectivity index (χ4v) is 2.67. The van der Waals surface area contributed by atoms with Crippen molar-refractivity contribution in [2.45, 2.75) is 6.04 Å². The highest BCUT2D eigenvalue weighted by molar-refractivity contribution is 9.10. The normalized spacial score (nSPS) is 12.2. The Balaban J connectivity index is 2.57.